The molecule has 7 heteroatoms. The Morgan fingerprint density at radius 2 is 2.38 bits per heavy atom. The summed E-state index contributed by atoms with van der Waals surface area (Å²) >= 11 is 0. The molecule has 0 bridgehead atoms. The van der Waals surface area contributed by atoms with Crippen LogP contribution >= 0.6 is 0 Å². The number of methoxy groups -OCH3 is 1. The van der Waals surface area contributed by atoms with Gasteiger partial charge in [-0.3, -0.25) is 0 Å². The van der Waals surface area contributed by atoms with Crippen LogP contribution in [0.4, 0.5) is 5.82 Å². The van der Waals surface area contributed by atoms with E-state index in [0.29, 0.717) is 5.78 Å². The Morgan fingerprint density at radius 3 is 3.14 bits per heavy atom. The first kappa shape index (κ1) is 13.8. The zero-order chi connectivity index (χ0) is 14.8. The monoisotopic (exact) mass is 289 g/mol. The van der Waals surface area contributed by atoms with E-state index in [1.54, 1.807) is 4.52 Å². The predicted octanol–water partition coefficient (Wildman–Crippen LogP) is 1.22. The molecular weight excluding hydrogens is 270 g/mol. The van der Waals surface area contributed by atoms with Crippen LogP contribution in [0.3, 0.4) is 0 Å². The first-order valence-electron chi connectivity index (χ1n) is 7.28. The number of hydrogen-bond donors (Lipinski definition) is 0. The van der Waals surface area contributed by atoms with Crippen LogP contribution in [-0.4, -0.2) is 45.2 Å². The van der Waals surface area contributed by atoms with Gasteiger partial charge in [0.2, 0.25) is 0 Å². The second-order valence-corrected chi connectivity index (χ2v) is 5.20. The number of carbonyl (C=O) groups is 1. The normalized spacial score (nSPS) is 18.4. The number of aromatic nitrogens is 4. The molecule has 2 aromatic heterocycles. The van der Waals surface area contributed by atoms with Crippen molar-refractivity contribution in [2.45, 2.75) is 38.6 Å². The van der Waals surface area contributed by atoms with Gasteiger partial charge in [0.25, 0.3) is 5.78 Å². The van der Waals surface area contributed by atoms with Gasteiger partial charge >= 0.3 is 5.97 Å². The Balaban J connectivity index is 2.05. The molecule has 3 rings (SSSR count). The highest BCUT2D eigenvalue weighted by Crippen LogP contribution is 2.27. The van der Waals surface area contributed by atoms with Crippen molar-refractivity contribution in [1.29, 1.82) is 0 Å². The molecule has 0 radical (unpaired) electrons. The molecule has 0 aromatic carbocycles. The largest absolute Gasteiger partial charge is 0.467 e. The number of rotatable bonds is 4. The Morgan fingerprint density at radius 1 is 1.52 bits per heavy atom. The molecular formula is C14H19N5O2. The molecule has 0 saturated carbocycles. The van der Waals surface area contributed by atoms with Gasteiger partial charge in [-0.1, -0.05) is 13.3 Å². The van der Waals surface area contributed by atoms with E-state index >= 15 is 0 Å². The summed E-state index contributed by atoms with van der Waals surface area (Å²) in [6.45, 7) is 2.92. The van der Waals surface area contributed by atoms with E-state index in [4.69, 9.17) is 4.74 Å². The third-order valence-electron chi connectivity index (χ3n) is 3.81. The fourth-order valence-electron chi connectivity index (χ4n) is 2.85. The molecule has 1 fully saturated rings. The minimum Gasteiger partial charge on any atom is -0.467 e. The average Bonchev–Trinajstić information content (AvgIpc) is 3.14. The van der Waals surface area contributed by atoms with E-state index in [1.165, 1.54) is 13.4 Å². The van der Waals surface area contributed by atoms with E-state index < -0.39 is 0 Å². The summed E-state index contributed by atoms with van der Waals surface area (Å²) < 4.78 is 6.61. The quantitative estimate of drug-likeness (QED) is 0.788. The number of ether oxygens (including phenoxy) is 1. The number of nitrogens with zero attached hydrogens (tertiary/aromatic N) is 5. The topological polar surface area (TPSA) is 72.6 Å². The van der Waals surface area contributed by atoms with Crippen LogP contribution in [0.5, 0.6) is 0 Å². The van der Waals surface area contributed by atoms with Gasteiger partial charge in [-0.15, -0.1) is 0 Å². The summed E-state index contributed by atoms with van der Waals surface area (Å²) in [7, 11) is 1.43. The Bertz CT molecular complexity index is 654. The van der Waals surface area contributed by atoms with Gasteiger partial charge in [0, 0.05) is 18.3 Å². The van der Waals surface area contributed by atoms with E-state index in [9.17, 15) is 4.79 Å². The molecule has 0 spiro atoms. The standard InChI is InChI=1S/C14H19N5O2/c1-3-5-10-8-12(19-14(17-10)15-9-16-19)18-7-4-6-11(18)13(20)21-2/h8-9,11H,3-7H2,1-2H3. The van der Waals surface area contributed by atoms with Crippen LogP contribution in [0.25, 0.3) is 5.78 Å². The maximum absolute atomic E-state index is 12.0. The second-order valence-electron chi connectivity index (χ2n) is 5.20. The fourth-order valence-corrected chi connectivity index (χ4v) is 2.85. The van der Waals surface area contributed by atoms with E-state index in [-0.39, 0.29) is 12.0 Å². The van der Waals surface area contributed by atoms with Crippen LogP contribution in [0.15, 0.2) is 12.4 Å². The van der Waals surface area contributed by atoms with Gasteiger partial charge < -0.3 is 9.64 Å². The summed E-state index contributed by atoms with van der Waals surface area (Å²) in [6.07, 6.45) is 5.14. The molecule has 112 valence electrons. The van der Waals surface area contributed by atoms with Crippen LogP contribution in [0, 0.1) is 0 Å². The molecule has 1 aliphatic heterocycles. The van der Waals surface area contributed by atoms with Crippen molar-refractivity contribution in [3.05, 3.63) is 18.1 Å². The molecule has 0 N–H and O–H groups in total. The highest BCUT2D eigenvalue weighted by molar-refractivity contribution is 5.80. The van der Waals surface area contributed by atoms with Gasteiger partial charge in [-0.05, 0) is 19.3 Å². The van der Waals surface area contributed by atoms with Crippen molar-refractivity contribution in [1.82, 2.24) is 19.6 Å². The van der Waals surface area contributed by atoms with E-state index in [0.717, 1.165) is 43.7 Å². The minimum absolute atomic E-state index is 0.199. The molecule has 1 atom stereocenters. The lowest BCUT2D eigenvalue weighted by atomic mass is 10.2. The number of fused-ring (bicyclic) bond motifs is 1. The van der Waals surface area contributed by atoms with Crippen molar-refractivity contribution in [2.75, 3.05) is 18.6 Å². The lowest BCUT2D eigenvalue weighted by molar-refractivity contribution is -0.141. The first-order valence-corrected chi connectivity index (χ1v) is 7.28. The summed E-state index contributed by atoms with van der Waals surface area (Å²) in [5.41, 5.74) is 0.975. The zero-order valence-corrected chi connectivity index (χ0v) is 12.3. The number of aryl methyl sites for hydroxylation is 1. The summed E-state index contributed by atoms with van der Waals surface area (Å²) in [6, 6.07) is 1.76. The van der Waals surface area contributed by atoms with E-state index in [2.05, 4.69) is 22.0 Å². The average molecular weight is 289 g/mol. The number of anilines is 1. The van der Waals surface area contributed by atoms with Crippen LogP contribution in [0.2, 0.25) is 0 Å². The lowest BCUT2D eigenvalue weighted by Crippen LogP contribution is -2.38. The molecule has 7 nitrogen and oxygen atoms in total. The SMILES string of the molecule is CCCc1cc(N2CCCC2C(=O)OC)n2ncnc2n1. The minimum atomic E-state index is -0.251. The van der Waals surface area contributed by atoms with Gasteiger partial charge in [0.05, 0.1) is 7.11 Å². The van der Waals surface area contributed by atoms with Crippen molar-refractivity contribution in [3.8, 4) is 0 Å². The van der Waals surface area contributed by atoms with Crippen LogP contribution in [0.1, 0.15) is 31.9 Å². The Hall–Kier alpha value is -2.18. The van der Waals surface area contributed by atoms with Gasteiger partial charge in [-0.2, -0.15) is 14.6 Å². The fraction of sp³-hybridized carbons (Fsp3) is 0.571. The van der Waals surface area contributed by atoms with Crippen molar-refractivity contribution in [3.63, 3.8) is 0 Å². The molecule has 1 saturated heterocycles. The highest BCUT2D eigenvalue weighted by Gasteiger charge is 2.33. The smallest absolute Gasteiger partial charge is 0.328 e. The summed E-state index contributed by atoms with van der Waals surface area (Å²) in [5, 5.41) is 4.23. The van der Waals surface area contributed by atoms with Crippen LogP contribution < -0.4 is 4.90 Å². The molecule has 0 aliphatic carbocycles. The van der Waals surface area contributed by atoms with Crippen molar-refractivity contribution in [2.24, 2.45) is 0 Å². The summed E-state index contributed by atoms with van der Waals surface area (Å²) in [5.74, 6) is 1.25. The molecule has 0 amide bonds. The third-order valence-corrected chi connectivity index (χ3v) is 3.81. The van der Waals surface area contributed by atoms with E-state index in [1.807, 2.05) is 11.0 Å². The molecule has 2 aromatic rings. The van der Waals surface area contributed by atoms with Gasteiger partial charge in [-0.25, -0.2) is 9.78 Å². The maximum atomic E-state index is 12.0. The Kier molecular flexibility index (Phi) is 3.72. The number of esters is 1. The maximum Gasteiger partial charge on any atom is 0.328 e. The number of hydrogen-bond acceptors (Lipinski definition) is 6. The van der Waals surface area contributed by atoms with Crippen molar-refractivity contribution >= 4 is 17.6 Å². The predicted molar refractivity (Wildman–Crippen MR) is 77.2 cm³/mol. The lowest BCUT2D eigenvalue weighted by Gasteiger charge is -2.25. The Labute approximate surface area is 122 Å². The third kappa shape index (κ3) is 2.43. The van der Waals surface area contributed by atoms with Crippen LogP contribution in [-0.2, 0) is 16.0 Å². The number of carbonyl (C=O) groups excluding carboxylic acids is 1. The van der Waals surface area contributed by atoms with Gasteiger partial charge in [0.1, 0.15) is 18.2 Å². The molecule has 3 heterocycles. The highest BCUT2D eigenvalue weighted by atomic mass is 16.5. The molecule has 1 unspecified atom stereocenters. The van der Waals surface area contributed by atoms with Crippen molar-refractivity contribution < 1.29 is 9.53 Å². The first-order chi connectivity index (χ1) is 10.2. The molecule has 1 aliphatic rings. The summed E-state index contributed by atoms with van der Waals surface area (Å²) in [4.78, 5) is 22.7. The zero-order valence-electron chi connectivity index (χ0n) is 12.3. The molecule has 21 heavy (non-hydrogen) atoms. The van der Waals surface area contributed by atoms with Gasteiger partial charge in [0.15, 0.2) is 0 Å². The second kappa shape index (κ2) is 5.67.